The molecule has 0 atom stereocenters. The highest BCUT2D eigenvalue weighted by Crippen LogP contribution is 2.27. The van der Waals surface area contributed by atoms with Gasteiger partial charge >= 0.3 is 5.97 Å². The van der Waals surface area contributed by atoms with Crippen LogP contribution in [-0.4, -0.2) is 32.5 Å². The number of hydrogen-bond donors (Lipinski definition) is 1. The molecule has 8 heteroatoms. The van der Waals surface area contributed by atoms with E-state index >= 15 is 0 Å². The van der Waals surface area contributed by atoms with E-state index in [0.29, 0.717) is 34.7 Å². The molecular weight excluding hydrogens is 391 g/mol. The molecule has 144 valence electrons. The van der Waals surface area contributed by atoms with Crippen molar-refractivity contribution in [2.24, 2.45) is 5.10 Å². The summed E-state index contributed by atoms with van der Waals surface area (Å²) in [5, 5.41) is 5.32. The molecule has 2 rings (SSSR count). The minimum absolute atomic E-state index is 0.183. The largest absolute Gasteiger partial charge is 0.493 e. The van der Waals surface area contributed by atoms with Crippen molar-refractivity contribution in [3.63, 3.8) is 0 Å². The molecule has 2 aromatic rings. The molecule has 0 saturated heterocycles. The predicted molar refractivity (Wildman–Crippen MR) is 106 cm³/mol. The number of carbonyl (C=O) groups is 1. The Bertz CT molecular complexity index is 792. The fourth-order valence-corrected chi connectivity index (χ4v) is 2.70. The minimum atomic E-state index is -0.437. The molecule has 6 nitrogen and oxygen atoms in total. The number of benzene rings is 2. The summed E-state index contributed by atoms with van der Waals surface area (Å²) in [6.45, 7) is 2.26. The molecule has 0 amide bonds. The number of ether oxygens (including phenoxy) is 3. The predicted octanol–water partition coefficient (Wildman–Crippen LogP) is 4.07. The van der Waals surface area contributed by atoms with Crippen molar-refractivity contribution in [2.45, 2.75) is 13.5 Å². The van der Waals surface area contributed by atoms with Gasteiger partial charge in [-0.25, -0.2) is 4.79 Å². The molecule has 0 aliphatic rings. The first-order valence-corrected chi connectivity index (χ1v) is 8.96. The average Bonchev–Trinajstić information content (AvgIpc) is 2.66. The van der Waals surface area contributed by atoms with Crippen LogP contribution in [0.15, 0.2) is 41.5 Å². The van der Waals surface area contributed by atoms with Gasteiger partial charge in [0.2, 0.25) is 0 Å². The van der Waals surface area contributed by atoms with E-state index in [0.717, 1.165) is 11.1 Å². The molecule has 0 radical (unpaired) electrons. The van der Waals surface area contributed by atoms with Crippen molar-refractivity contribution in [1.29, 1.82) is 0 Å². The zero-order valence-electron chi connectivity index (χ0n) is 15.0. The van der Waals surface area contributed by atoms with Gasteiger partial charge in [0.05, 0.1) is 26.5 Å². The number of hydrogen-bond acceptors (Lipinski definition) is 6. The van der Waals surface area contributed by atoms with Gasteiger partial charge in [-0.15, -0.1) is 0 Å². The van der Waals surface area contributed by atoms with Gasteiger partial charge in [-0.05, 0) is 42.8 Å². The molecule has 0 fully saturated rings. The normalized spacial score (nSPS) is 10.7. The summed E-state index contributed by atoms with van der Waals surface area (Å²) >= 11 is 12.2. The van der Waals surface area contributed by atoms with Crippen LogP contribution in [0.4, 0.5) is 0 Å². The van der Waals surface area contributed by atoms with Gasteiger partial charge < -0.3 is 19.6 Å². The maximum Gasteiger partial charge on any atom is 0.344 e. The Labute approximate surface area is 168 Å². The van der Waals surface area contributed by atoms with Gasteiger partial charge in [-0.1, -0.05) is 29.3 Å². The van der Waals surface area contributed by atoms with Crippen molar-refractivity contribution < 1.29 is 19.0 Å². The number of halogens is 2. The molecular formula is C19H20Cl2N2O4. The van der Waals surface area contributed by atoms with Crippen LogP contribution in [0.3, 0.4) is 0 Å². The van der Waals surface area contributed by atoms with Crippen LogP contribution in [0.5, 0.6) is 11.5 Å². The first-order chi connectivity index (χ1) is 13.0. The molecule has 0 aromatic heterocycles. The Morgan fingerprint density at radius 2 is 1.93 bits per heavy atom. The van der Waals surface area contributed by atoms with E-state index in [1.54, 1.807) is 49.5 Å². The second-order valence-corrected chi connectivity index (χ2v) is 6.11. The van der Waals surface area contributed by atoms with E-state index in [9.17, 15) is 4.79 Å². The van der Waals surface area contributed by atoms with Crippen LogP contribution >= 0.6 is 23.2 Å². The Morgan fingerprint density at radius 3 is 2.59 bits per heavy atom. The zero-order chi connectivity index (χ0) is 19.6. The lowest BCUT2D eigenvalue weighted by Crippen LogP contribution is -2.14. The van der Waals surface area contributed by atoms with Crippen LogP contribution < -0.4 is 14.9 Å². The summed E-state index contributed by atoms with van der Waals surface area (Å²) in [5.41, 5.74) is 4.47. The molecule has 0 unspecified atom stereocenters. The highest BCUT2D eigenvalue weighted by molar-refractivity contribution is 6.35. The maximum atomic E-state index is 11.4. The van der Waals surface area contributed by atoms with Gasteiger partial charge in [0.15, 0.2) is 18.1 Å². The first-order valence-electron chi connectivity index (χ1n) is 8.20. The average molecular weight is 411 g/mol. The van der Waals surface area contributed by atoms with Gasteiger partial charge in [0.1, 0.15) is 0 Å². The second kappa shape index (κ2) is 10.6. The summed E-state index contributed by atoms with van der Waals surface area (Å²) in [6, 6.07) is 10.6. The number of methoxy groups -OCH3 is 1. The van der Waals surface area contributed by atoms with E-state index < -0.39 is 5.97 Å². The molecule has 0 aliphatic heterocycles. The molecule has 27 heavy (non-hydrogen) atoms. The van der Waals surface area contributed by atoms with Gasteiger partial charge in [0.25, 0.3) is 0 Å². The van der Waals surface area contributed by atoms with E-state index in [4.69, 9.17) is 37.4 Å². The van der Waals surface area contributed by atoms with Gasteiger partial charge in [0, 0.05) is 15.6 Å². The summed E-state index contributed by atoms with van der Waals surface area (Å²) in [6.07, 6.45) is 1.63. The van der Waals surface area contributed by atoms with Gasteiger partial charge in [-0.2, -0.15) is 5.10 Å². The minimum Gasteiger partial charge on any atom is -0.493 e. The Kier molecular flexibility index (Phi) is 8.23. The van der Waals surface area contributed by atoms with Crippen molar-refractivity contribution in [3.8, 4) is 11.5 Å². The highest BCUT2D eigenvalue weighted by Gasteiger charge is 2.09. The lowest BCUT2D eigenvalue weighted by atomic mass is 10.2. The van der Waals surface area contributed by atoms with Crippen molar-refractivity contribution in [2.75, 3.05) is 20.3 Å². The molecule has 0 bridgehead atoms. The SMILES string of the molecule is CCOC(=O)COc1ccc(/C=N/NCc2c(Cl)cccc2Cl)cc1OC. The monoisotopic (exact) mass is 410 g/mol. The lowest BCUT2D eigenvalue weighted by molar-refractivity contribution is -0.145. The number of carbonyl (C=O) groups excluding carboxylic acids is 1. The van der Waals surface area contributed by atoms with E-state index in [-0.39, 0.29) is 6.61 Å². The van der Waals surface area contributed by atoms with Gasteiger partial charge in [-0.3, -0.25) is 0 Å². The Hall–Kier alpha value is -2.44. The van der Waals surface area contributed by atoms with E-state index in [1.807, 2.05) is 0 Å². The van der Waals surface area contributed by atoms with Crippen molar-refractivity contribution >= 4 is 35.4 Å². The van der Waals surface area contributed by atoms with Crippen LogP contribution in [0, 0.1) is 0 Å². The smallest absolute Gasteiger partial charge is 0.344 e. The van der Waals surface area contributed by atoms with Crippen LogP contribution in [0.1, 0.15) is 18.1 Å². The quantitative estimate of drug-likeness (QED) is 0.383. The molecule has 0 heterocycles. The fraction of sp³-hybridized carbons (Fsp3) is 0.263. The van der Waals surface area contributed by atoms with Crippen LogP contribution in [0.25, 0.3) is 0 Å². The zero-order valence-corrected chi connectivity index (χ0v) is 16.5. The molecule has 2 aromatic carbocycles. The van der Waals surface area contributed by atoms with Crippen molar-refractivity contribution in [3.05, 3.63) is 57.6 Å². The number of nitrogens with zero attached hydrogens (tertiary/aromatic N) is 1. The number of nitrogens with one attached hydrogen (secondary N) is 1. The first kappa shape index (κ1) is 20.9. The maximum absolute atomic E-state index is 11.4. The van der Waals surface area contributed by atoms with E-state index in [1.165, 1.54) is 7.11 Å². The van der Waals surface area contributed by atoms with E-state index in [2.05, 4.69) is 10.5 Å². The number of hydrazone groups is 1. The summed E-state index contributed by atoms with van der Waals surface area (Å²) in [7, 11) is 1.52. The highest BCUT2D eigenvalue weighted by atomic mass is 35.5. The molecule has 1 N–H and O–H groups in total. The summed E-state index contributed by atoms with van der Waals surface area (Å²) in [5.74, 6) is 0.489. The molecule has 0 spiro atoms. The van der Waals surface area contributed by atoms with Crippen LogP contribution in [0.2, 0.25) is 10.0 Å². The lowest BCUT2D eigenvalue weighted by Gasteiger charge is -2.10. The topological polar surface area (TPSA) is 69.2 Å². The third kappa shape index (κ3) is 6.34. The third-order valence-corrected chi connectivity index (χ3v) is 4.17. The second-order valence-electron chi connectivity index (χ2n) is 5.30. The molecule has 0 aliphatic carbocycles. The fourth-order valence-electron chi connectivity index (χ4n) is 2.17. The third-order valence-electron chi connectivity index (χ3n) is 3.46. The number of rotatable bonds is 9. The Balaban J connectivity index is 1.96. The van der Waals surface area contributed by atoms with Crippen molar-refractivity contribution in [1.82, 2.24) is 5.43 Å². The summed E-state index contributed by atoms with van der Waals surface area (Å²) < 4.78 is 15.5. The van der Waals surface area contributed by atoms with Crippen LogP contribution in [-0.2, 0) is 16.1 Å². The number of esters is 1. The summed E-state index contributed by atoms with van der Waals surface area (Å²) in [4.78, 5) is 11.4. The standard InChI is InChI=1S/C19H20Cl2N2O4/c1-3-26-19(24)12-27-17-8-7-13(9-18(17)25-2)10-22-23-11-14-15(20)5-4-6-16(14)21/h4-10,23H,3,11-12H2,1-2H3/b22-10+. The Morgan fingerprint density at radius 1 is 1.19 bits per heavy atom. The molecule has 0 saturated carbocycles.